The molecule has 28 heavy (non-hydrogen) atoms. The highest BCUT2D eigenvalue weighted by Gasteiger charge is 2.35. The fourth-order valence-corrected chi connectivity index (χ4v) is 5.21. The first-order chi connectivity index (χ1) is 13.1. The van der Waals surface area contributed by atoms with Crippen LogP contribution < -0.4 is 4.74 Å². The first-order valence-electron chi connectivity index (χ1n) is 9.57. The summed E-state index contributed by atoms with van der Waals surface area (Å²) in [6.45, 7) is 9.01. The lowest BCUT2D eigenvalue weighted by molar-refractivity contribution is 0.273. The first-order valence-corrected chi connectivity index (χ1v) is 11.0. The summed E-state index contributed by atoms with van der Waals surface area (Å²) in [5.41, 5.74) is 0.921. The summed E-state index contributed by atoms with van der Waals surface area (Å²) in [4.78, 5) is 0.203. The van der Waals surface area contributed by atoms with E-state index >= 15 is 0 Å². The van der Waals surface area contributed by atoms with Gasteiger partial charge in [0.25, 0.3) is 0 Å². The van der Waals surface area contributed by atoms with Gasteiger partial charge in [-0.3, -0.25) is 0 Å². The Morgan fingerprint density at radius 3 is 2.71 bits per heavy atom. The Morgan fingerprint density at radius 2 is 2.04 bits per heavy atom. The molecule has 0 N–H and O–H groups in total. The van der Waals surface area contributed by atoms with E-state index in [4.69, 9.17) is 9.15 Å². The zero-order valence-corrected chi connectivity index (χ0v) is 18.0. The summed E-state index contributed by atoms with van der Waals surface area (Å²) in [6.07, 6.45) is 2.26. The molecule has 1 aromatic heterocycles. The van der Waals surface area contributed by atoms with Crippen molar-refractivity contribution in [2.75, 3.05) is 20.2 Å². The van der Waals surface area contributed by atoms with Gasteiger partial charge in [-0.1, -0.05) is 26.8 Å². The molecule has 0 spiro atoms. The smallest absolute Gasteiger partial charge is 0.246 e. The Kier molecular flexibility index (Phi) is 5.82. The maximum Gasteiger partial charge on any atom is 0.246 e. The van der Waals surface area contributed by atoms with E-state index in [2.05, 4.69) is 31.0 Å². The molecule has 1 fully saturated rings. The van der Waals surface area contributed by atoms with Crippen molar-refractivity contribution >= 4 is 10.0 Å². The fraction of sp³-hybridized carbons (Fsp3) is 0.600. The number of ether oxygens (including phenoxy) is 1. The van der Waals surface area contributed by atoms with Gasteiger partial charge >= 0.3 is 0 Å². The number of benzene rings is 1. The van der Waals surface area contributed by atoms with Gasteiger partial charge in [-0.25, -0.2) is 8.42 Å². The minimum atomic E-state index is -3.67. The van der Waals surface area contributed by atoms with Crippen molar-refractivity contribution < 1.29 is 17.6 Å². The maximum absolute atomic E-state index is 13.3. The predicted molar refractivity (Wildman–Crippen MR) is 106 cm³/mol. The van der Waals surface area contributed by atoms with Crippen molar-refractivity contribution in [3.8, 4) is 5.75 Å². The van der Waals surface area contributed by atoms with Crippen LogP contribution in [0.25, 0.3) is 0 Å². The van der Waals surface area contributed by atoms with Crippen LogP contribution in [0, 0.1) is 12.3 Å². The van der Waals surface area contributed by atoms with Crippen molar-refractivity contribution in [2.45, 2.75) is 57.8 Å². The summed E-state index contributed by atoms with van der Waals surface area (Å²) < 4.78 is 39.2. The van der Waals surface area contributed by atoms with Gasteiger partial charge in [0.05, 0.1) is 13.0 Å². The minimum absolute atomic E-state index is 0.0491. The van der Waals surface area contributed by atoms with Crippen LogP contribution in [0.4, 0.5) is 0 Å². The highest BCUT2D eigenvalue weighted by atomic mass is 32.2. The number of aryl methyl sites for hydroxylation is 1. The highest BCUT2D eigenvalue weighted by molar-refractivity contribution is 7.89. The lowest BCUT2D eigenvalue weighted by Gasteiger charge is -2.30. The van der Waals surface area contributed by atoms with Crippen molar-refractivity contribution in [1.29, 1.82) is 0 Å². The second kappa shape index (κ2) is 7.83. The zero-order valence-electron chi connectivity index (χ0n) is 17.2. The van der Waals surface area contributed by atoms with E-state index in [0.717, 1.165) is 18.4 Å². The third-order valence-electron chi connectivity index (χ3n) is 4.83. The van der Waals surface area contributed by atoms with Crippen LogP contribution in [0.15, 0.2) is 27.5 Å². The van der Waals surface area contributed by atoms with Crippen molar-refractivity contribution in [3.05, 3.63) is 35.5 Å². The molecule has 2 aromatic rings. The quantitative estimate of drug-likeness (QED) is 0.753. The second-order valence-corrected chi connectivity index (χ2v) is 10.5. The molecule has 0 bridgehead atoms. The monoisotopic (exact) mass is 407 g/mol. The Balaban J connectivity index is 1.82. The second-order valence-electron chi connectivity index (χ2n) is 8.63. The molecule has 154 valence electrons. The van der Waals surface area contributed by atoms with Crippen LogP contribution in [-0.4, -0.2) is 43.1 Å². The molecule has 1 aromatic carbocycles. The summed E-state index contributed by atoms with van der Waals surface area (Å²) in [5.74, 6) is 1.39. The molecule has 1 atom stereocenters. The highest BCUT2D eigenvalue weighted by Crippen LogP contribution is 2.33. The van der Waals surface area contributed by atoms with Gasteiger partial charge in [-0.2, -0.15) is 4.31 Å². The van der Waals surface area contributed by atoms with Crippen LogP contribution >= 0.6 is 0 Å². The summed E-state index contributed by atoms with van der Waals surface area (Å²) in [5, 5.41) is 8.35. The van der Waals surface area contributed by atoms with Gasteiger partial charge in [-0.15, -0.1) is 10.2 Å². The molecule has 0 aliphatic carbocycles. The molecule has 0 unspecified atom stereocenters. The maximum atomic E-state index is 13.3. The molecule has 3 rings (SSSR count). The molecular formula is C20H29N3O4S. The number of sulfonamides is 1. The van der Waals surface area contributed by atoms with E-state index in [1.54, 1.807) is 12.1 Å². The van der Waals surface area contributed by atoms with Gasteiger partial charge in [0.15, 0.2) is 0 Å². The Labute approximate surface area is 167 Å². The molecule has 1 aliphatic rings. The van der Waals surface area contributed by atoms with Crippen LogP contribution in [0.5, 0.6) is 5.75 Å². The normalized spacial score (nSPS) is 19.0. The van der Waals surface area contributed by atoms with Crippen LogP contribution in [0.1, 0.15) is 56.9 Å². The molecule has 2 heterocycles. The number of hydrogen-bond donors (Lipinski definition) is 0. The van der Waals surface area contributed by atoms with Crippen LogP contribution in [0.3, 0.4) is 0 Å². The number of hydrogen-bond acceptors (Lipinski definition) is 6. The third-order valence-corrected chi connectivity index (χ3v) is 6.72. The van der Waals surface area contributed by atoms with E-state index in [-0.39, 0.29) is 16.2 Å². The average molecular weight is 408 g/mol. The van der Waals surface area contributed by atoms with Gasteiger partial charge in [0, 0.05) is 19.5 Å². The van der Waals surface area contributed by atoms with Crippen molar-refractivity contribution in [1.82, 2.24) is 14.5 Å². The largest absolute Gasteiger partial charge is 0.495 e. The molecule has 0 radical (unpaired) electrons. The fourth-order valence-electron chi connectivity index (χ4n) is 3.44. The number of nitrogens with zero attached hydrogens (tertiary/aromatic N) is 3. The standard InChI is InChI=1S/C20H29N3O4S/c1-14-8-9-16(26-5)17(11-14)28(24,25)23-10-6-7-15(13-23)19-22-21-18(27-19)12-20(2,3)4/h8-9,11,15H,6-7,10,12-13H2,1-5H3/t15-/m0/s1. The molecule has 0 saturated carbocycles. The minimum Gasteiger partial charge on any atom is -0.495 e. The van der Waals surface area contributed by atoms with Crippen LogP contribution in [-0.2, 0) is 16.4 Å². The first kappa shape index (κ1) is 20.8. The Hall–Kier alpha value is -1.93. The number of rotatable bonds is 5. The van der Waals surface area contributed by atoms with Gasteiger partial charge in [0.1, 0.15) is 10.6 Å². The van der Waals surface area contributed by atoms with E-state index in [9.17, 15) is 8.42 Å². The molecule has 1 aliphatic heterocycles. The average Bonchev–Trinajstić information content (AvgIpc) is 3.08. The molecule has 8 heteroatoms. The summed E-state index contributed by atoms with van der Waals surface area (Å²) >= 11 is 0. The molecule has 0 amide bonds. The lowest BCUT2D eigenvalue weighted by atomic mass is 9.92. The predicted octanol–water partition coefficient (Wildman–Crippen LogP) is 3.54. The number of methoxy groups -OCH3 is 1. The molecule has 7 nitrogen and oxygen atoms in total. The lowest BCUT2D eigenvalue weighted by Crippen LogP contribution is -2.39. The SMILES string of the molecule is COc1ccc(C)cc1S(=O)(=O)N1CCC[C@H](c2nnc(CC(C)(C)C)o2)C1. The number of piperidine rings is 1. The third kappa shape index (κ3) is 4.55. The van der Waals surface area contributed by atoms with Crippen molar-refractivity contribution in [2.24, 2.45) is 5.41 Å². The van der Waals surface area contributed by atoms with E-state index in [1.165, 1.54) is 11.4 Å². The van der Waals surface area contributed by atoms with E-state index in [0.29, 0.717) is 37.0 Å². The van der Waals surface area contributed by atoms with Crippen molar-refractivity contribution in [3.63, 3.8) is 0 Å². The zero-order chi connectivity index (χ0) is 20.5. The Morgan fingerprint density at radius 1 is 1.29 bits per heavy atom. The van der Waals surface area contributed by atoms with Gasteiger partial charge < -0.3 is 9.15 Å². The van der Waals surface area contributed by atoms with E-state index < -0.39 is 10.0 Å². The van der Waals surface area contributed by atoms with Gasteiger partial charge in [-0.05, 0) is 42.9 Å². The Bertz CT molecular complexity index is 931. The summed E-state index contributed by atoms with van der Waals surface area (Å²) in [7, 11) is -2.19. The number of aromatic nitrogens is 2. The molecule has 1 saturated heterocycles. The van der Waals surface area contributed by atoms with Gasteiger partial charge in [0.2, 0.25) is 21.8 Å². The summed E-state index contributed by atoms with van der Waals surface area (Å²) in [6, 6.07) is 5.19. The van der Waals surface area contributed by atoms with E-state index in [1.807, 2.05) is 13.0 Å². The molecular weight excluding hydrogens is 378 g/mol. The topological polar surface area (TPSA) is 85.5 Å². The van der Waals surface area contributed by atoms with Crippen LogP contribution in [0.2, 0.25) is 0 Å².